The minimum atomic E-state index is -0.302. The highest BCUT2D eigenvalue weighted by molar-refractivity contribution is 5.85. The van der Waals surface area contributed by atoms with Gasteiger partial charge in [-0.3, -0.25) is 9.59 Å². The van der Waals surface area contributed by atoms with Crippen LogP contribution in [0.4, 0.5) is 0 Å². The zero-order valence-electron chi connectivity index (χ0n) is 11.1. The van der Waals surface area contributed by atoms with Crippen LogP contribution in [0.25, 0.3) is 0 Å². The van der Waals surface area contributed by atoms with E-state index in [9.17, 15) is 9.59 Å². The van der Waals surface area contributed by atoms with Crippen LogP contribution in [0, 0.1) is 11.3 Å². The molecule has 0 heterocycles. The van der Waals surface area contributed by atoms with Gasteiger partial charge in [0.25, 0.3) is 0 Å². The van der Waals surface area contributed by atoms with Crippen molar-refractivity contribution < 1.29 is 9.59 Å². The largest absolute Gasteiger partial charge is 0.354 e. The number of nitrogens with one attached hydrogen (secondary N) is 2. The Balaban J connectivity index is 0.00000289. The van der Waals surface area contributed by atoms with E-state index in [0.29, 0.717) is 11.3 Å². The summed E-state index contributed by atoms with van der Waals surface area (Å²) in [4.78, 5) is 22.3. The Morgan fingerprint density at radius 2 is 1.83 bits per heavy atom. The monoisotopic (exact) mass is 277 g/mol. The molecule has 0 spiro atoms. The molecule has 0 saturated heterocycles. The maximum atomic E-state index is 11.5. The molecule has 1 saturated carbocycles. The Bertz CT molecular complexity index is 291. The van der Waals surface area contributed by atoms with Crippen molar-refractivity contribution in [2.75, 3.05) is 19.6 Å². The van der Waals surface area contributed by atoms with Gasteiger partial charge in [-0.1, -0.05) is 13.8 Å². The molecule has 0 radical (unpaired) electrons. The number of hydrogen-bond donors (Lipinski definition) is 3. The Morgan fingerprint density at radius 1 is 1.22 bits per heavy atom. The predicted octanol–water partition coefficient (Wildman–Crippen LogP) is 0.426. The van der Waals surface area contributed by atoms with E-state index in [1.165, 1.54) is 12.8 Å². The van der Waals surface area contributed by atoms with Crippen molar-refractivity contribution in [3.05, 3.63) is 0 Å². The fourth-order valence-electron chi connectivity index (χ4n) is 2.10. The first kappa shape index (κ1) is 17.2. The summed E-state index contributed by atoms with van der Waals surface area (Å²) in [6.07, 6.45) is 3.55. The summed E-state index contributed by atoms with van der Waals surface area (Å²) in [6, 6.07) is 0. The Kier molecular flexibility index (Phi) is 7.25. The summed E-state index contributed by atoms with van der Waals surface area (Å²) in [5.74, 6) is 0.219. The van der Waals surface area contributed by atoms with Crippen molar-refractivity contribution >= 4 is 24.2 Å². The van der Waals surface area contributed by atoms with Crippen LogP contribution in [-0.4, -0.2) is 31.4 Å². The van der Waals surface area contributed by atoms with E-state index in [0.717, 1.165) is 13.0 Å². The van der Waals surface area contributed by atoms with Gasteiger partial charge in [-0.2, -0.15) is 0 Å². The van der Waals surface area contributed by atoms with Gasteiger partial charge in [0.15, 0.2) is 0 Å². The van der Waals surface area contributed by atoms with Crippen molar-refractivity contribution in [2.45, 2.75) is 33.1 Å². The summed E-state index contributed by atoms with van der Waals surface area (Å²) in [6.45, 7) is 5.06. The second-order valence-corrected chi connectivity index (χ2v) is 5.36. The molecule has 0 aromatic heterocycles. The van der Waals surface area contributed by atoms with Gasteiger partial charge < -0.3 is 16.4 Å². The third kappa shape index (κ3) is 6.21. The minimum Gasteiger partial charge on any atom is -0.354 e. The second-order valence-electron chi connectivity index (χ2n) is 5.36. The van der Waals surface area contributed by atoms with Crippen LogP contribution in [0.15, 0.2) is 0 Å². The maximum Gasteiger partial charge on any atom is 0.239 e. The van der Waals surface area contributed by atoms with Gasteiger partial charge in [0.2, 0.25) is 11.8 Å². The first-order valence-corrected chi connectivity index (χ1v) is 6.21. The van der Waals surface area contributed by atoms with Gasteiger partial charge in [-0.05, 0) is 30.6 Å². The molecule has 0 unspecified atom stereocenters. The highest BCUT2D eigenvalue weighted by atomic mass is 35.5. The average molecular weight is 278 g/mol. The Hall–Kier alpha value is -0.810. The normalized spacial score (nSPS) is 15.8. The van der Waals surface area contributed by atoms with Gasteiger partial charge in [-0.25, -0.2) is 0 Å². The van der Waals surface area contributed by atoms with E-state index in [1.54, 1.807) is 0 Å². The molecule has 5 nitrogen and oxygen atoms in total. The summed E-state index contributed by atoms with van der Waals surface area (Å²) >= 11 is 0. The average Bonchev–Trinajstić information content (AvgIpc) is 3.02. The molecule has 1 rings (SSSR count). The molecule has 106 valence electrons. The van der Waals surface area contributed by atoms with Gasteiger partial charge >= 0.3 is 0 Å². The van der Waals surface area contributed by atoms with Crippen LogP contribution >= 0.6 is 12.4 Å². The second kappa shape index (κ2) is 7.59. The standard InChI is InChI=1S/C12H23N3O2.ClH/c1-9(2)5-12(3-4-12)8-15-11(17)7-14-10(16)6-13;/h9H,3-8,13H2,1-2H3,(H,14,16)(H,15,17);1H. The van der Waals surface area contributed by atoms with Crippen LogP contribution in [0.2, 0.25) is 0 Å². The molecule has 1 aliphatic rings. The van der Waals surface area contributed by atoms with Crippen LogP contribution in [-0.2, 0) is 9.59 Å². The third-order valence-electron chi connectivity index (χ3n) is 3.09. The maximum absolute atomic E-state index is 11.5. The minimum absolute atomic E-state index is 0. The van der Waals surface area contributed by atoms with Gasteiger partial charge in [0.05, 0.1) is 13.1 Å². The van der Waals surface area contributed by atoms with Crippen molar-refractivity contribution in [1.29, 1.82) is 0 Å². The molecule has 0 aromatic carbocycles. The van der Waals surface area contributed by atoms with Crippen LogP contribution in [0.1, 0.15) is 33.1 Å². The molecule has 1 fully saturated rings. The zero-order chi connectivity index (χ0) is 12.9. The van der Waals surface area contributed by atoms with Crippen molar-refractivity contribution in [3.63, 3.8) is 0 Å². The van der Waals surface area contributed by atoms with E-state index in [2.05, 4.69) is 24.5 Å². The van der Waals surface area contributed by atoms with Crippen LogP contribution in [0.3, 0.4) is 0 Å². The molecule has 0 aliphatic heterocycles. The number of halogens is 1. The predicted molar refractivity (Wildman–Crippen MR) is 73.4 cm³/mol. The third-order valence-corrected chi connectivity index (χ3v) is 3.09. The molecular formula is C12H24ClN3O2. The van der Waals surface area contributed by atoms with E-state index in [-0.39, 0.29) is 37.3 Å². The molecule has 1 aliphatic carbocycles. The van der Waals surface area contributed by atoms with E-state index >= 15 is 0 Å². The number of carbonyl (C=O) groups excluding carboxylic acids is 2. The first-order valence-electron chi connectivity index (χ1n) is 6.21. The highest BCUT2D eigenvalue weighted by Gasteiger charge is 2.42. The fraction of sp³-hybridized carbons (Fsp3) is 0.833. The summed E-state index contributed by atoms with van der Waals surface area (Å²) < 4.78 is 0. The molecule has 0 atom stereocenters. The van der Waals surface area contributed by atoms with Gasteiger partial charge in [-0.15, -0.1) is 12.4 Å². The van der Waals surface area contributed by atoms with Crippen LogP contribution < -0.4 is 16.4 Å². The van der Waals surface area contributed by atoms with Crippen molar-refractivity contribution in [1.82, 2.24) is 10.6 Å². The lowest BCUT2D eigenvalue weighted by Gasteiger charge is -2.18. The van der Waals surface area contributed by atoms with Crippen molar-refractivity contribution in [2.24, 2.45) is 17.1 Å². The van der Waals surface area contributed by atoms with Gasteiger partial charge in [0.1, 0.15) is 0 Å². The van der Waals surface area contributed by atoms with E-state index in [1.807, 2.05) is 0 Å². The number of amides is 2. The van der Waals surface area contributed by atoms with Crippen LogP contribution in [0.5, 0.6) is 0 Å². The zero-order valence-corrected chi connectivity index (χ0v) is 11.9. The SMILES string of the molecule is CC(C)CC1(CNC(=O)CNC(=O)CN)CC1.Cl. The molecule has 2 amide bonds. The Morgan fingerprint density at radius 3 is 2.28 bits per heavy atom. The lowest BCUT2D eigenvalue weighted by Crippen LogP contribution is -2.41. The molecular weight excluding hydrogens is 254 g/mol. The summed E-state index contributed by atoms with van der Waals surface area (Å²) in [5, 5.41) is 5.33. The van der Waals surface area contributed by atoms with Crippen molar-refractivity contribution in [3.8, 4) is 0 Å². The first-order chi connectivity index (χ1) is 7.97. The number of carbonyl (C=O) groups is 2. The van der Waals surface area contributed by atoms with E-state index < -0.39 is 0 Å². The smallest absolute Gasteiger partial charge is 0.239 e. The lowest BCUT2D eigenvalue weighted by atomic mass is 9.94. The Labute approximate surface area is 115 Å². The molecule has 4 N–H and O–H groups in total. The topological polar surface area (TPSA) is 84.2 Å². The fourth-order valence-corrected chi connectivity index (χ4v) is 2.10. The van der Waals surface area contributed by atoms with E-state index in [4.69, 9.17) is 5.73 Å². The molecule has 6 heteroatoms. The molecule has 0 bridgehead atoms. The quantitative estimate of drug-likeness (QED) is 0.631. The number of rotatable bonds is 7. The number of nitrogens with two attached hydrogens (primary N) is 1. The number of hydrogen-bond acceptors (Lipinski definition) is 3. The summed E-state index contributed by atoms with van der Waals surface area (Å²) in [5.41, 5.74) is 5.44. The lowest BCUT2D eigenvalue weighted by molar-refractivity contribution is -0.125. The highest BCUT2D eigenvalue weighted by Crippen LogP contribution is 2.49. The van der Waals surface area contributed by atoms with Gasteiger partial charge in [0, 0.05) is 6.54 Å². The molecule has 18 heavy (non-hydrogen) atoms. The summed E-state index contributed by atoms with van der Waals surface area (Å²) in [7, 11) is 0. The molecule has 0 aromatic rings.